The number of hydrogen-bond donors (Lipinski definition) is 0. The van der Waals surface area contributed by atoms with E-state index >= 15 is 0 Å². The van der Waals surface area contributed by atoms with Crippen LogP contribution in [0.25, 0.3) is 16.9 Å². The van der Waals surface area contributed by atoms with Crippen molar-refractivity contribution in [2.24, 2.45) is 0 Å². The second kappa shape index (κ2) is 8.07. The molecule has 1 saturated heterocycles. The topological polar surface area (TPSA) is 72.9 Å². The predicted molar refractivity (Wildman–Crippen MR) is 112 cm³/mol. The van der Waals surface area contributed by atoms with Crippen LogP contribution in [0, 0.1) is 0 Å². The Morgan fingerprint density at radius 2 is 2.09 bits per heavy atom. The van der Waals surface area contributed by atoms with Crippen molar-refractivity contribution in [3.05, 3.63) is 71.9 Å². The summed E-state index contributed by atoms with van der Waals surface area (Å²) in [4.78, 5) is 19.7. The molecule has 0 aliphatic carbocycles. The van der Waals surface area contributed by atoms with E-state index in [1.54, 1.807) is 41.5 Å². The first-order valence-electron chi connectivity index (χ1n) is 10.2. The van der Waals surface area contributed by atoms with Crippen LogP contribution in [0.1, 0.15) is 47.1 Å². The molecule has 164 valence electrons. The molecule has 9 heteroatoms. The third-order valence-electron chi connectivity index (χ3n) is 5.72. The van der Waals surface area contributed by atoms with E-state index in [0.717, 1.165) is 17.4 Å². The van der Waals surface area contributed by atoms with Gasteiger partial charge in [-0.1, -0.05) is 12.1 Å². The fourth-order valence-electron chi connectivity index (χ4n) is 4.23. The molecule has 3 aromatic heterocycles. The highest BCUT2D eigenvalue weighted by atomic mass is 19.3. The number of fused-ring (bicyclic) bond motifs is 1. The summed E-state index contributed by atoms with van der Waals surface area (Å²) in [7, 11) is 1.50. The Bertz CT molecular complexity index is 1270. The summed E-state index contributed by atoms with van der Waals surface area (Å²) in [5.74, 6) is 0.876. The maximum atomic E-state index is 13.9. The zero-order valence-electron chi connectivity index (χ0n) is 17.2. The third kappa shape index (κ3) is 3.30. The largest absolute Gasteiger partial charge is 0.496 e. The van der Waals surface area contributed by atoms with Gasteiger partial charge < -0.3 is 14.1 Å². The van der Waals surface area contributed by atoms with Gasteiger partial charge in [0.05, 0.1) is 31.3 Å². The average molecular weight is 438 g/mol. The molecule has 1 aliphatic heterocycles. The van der Waals surface area contributed by atoms with Crippen molar-refractivity contribution >= 4 is 11.6 Å². The molecule has 1 amide bonds. The van der Waals surface area contributed by atoms with Crippen molar-refractivity contribution < 1.29 is 22.7 Å². The van der Waals surface area contributed by atoms with Crippen LogP contribution in [0.15, 0.2) is 59.3 Å². The van der Waals surface area contributed by atoms with Crippen LogP contribution in [0.3, 0.4) is 0 Å². The fraction of sp³-hybridized carbons (Fsp3) is 0.261. The summed E-state index contributed by atoms with van der Waals surface area (Å²) in [6.07, 6.45) is 1.65. The highest BCUT2D eigenvalue weighted by molar-refractivity contribution is 6.00. The monoisotopic (exact) mass is 438 g/mol. The smallest absolute Gasteiger partial charge is 0.280 e. The first-order chi connectivity index (χ1) is 15.6. The summed E-state index contributed by atoms with van der Waals surface area (Å²) in [6, 6.07) is 11.7. The first-order valence-corrected chi connectivity index (χ1v) is 10.2. The number of para-hydroxylation sites is 1. The lowest BCUT2D eigenvalue weighted by molar-refractivity contribution is 0.0721. The Morgan fingerprint density at radius 3 is 2.84 bits per heavy atom. The number of hydrogen-bond acceptors (Lipinski definition) is 5. The number of nitrogens with zero attached hydrogens (tertiary/aromatic N) is 4. The lowest BCUT2D eigenvalue weighted by atomic mass is 10.1. The normalized spacial score (nSPS) is 16.2. The highest BCUT2D eigenvalue weighted by Crippen LogP contribution is 2.35. The van der Waals surface area contributed by atoms with Crippen LogP contribution in [0.4, 0.5) is 8.78 Å². The summed E-state index contributed by atoms with van der Waals surface area (Å²) >= 11 is 0. The molecule has 1 atom stereocenters. The number of carbonyl (C=O) groups excluding carboxylic acids is 1. The van der Waals surface area contributed by atoms with E-state index in [9.17, 15) is 13.6 Å². The van der Waals surface area contributed by atoms with Crippen molar-refractivity contribution in [2.75, 3.05) is 13.7 Å². The Kier molecular flexibility index (Phi) is 5.08. The molecule has 1 unspecified atom stereocenters. The van der Waals surface area contributed by atoms with Gasteiger partial charge in [0, 0.05) is 12.1 Å². The standard InChI is InChI=1S/C23H20F2N4O3/c1-31-19-8-3-2-6-14(19)16-12-18(21(24)25)29-22(27-16)15(13-26-29)23(30)28-10-4-7-17(28)20-9-5-11-32-20/h2-3,5-6,8-9,11-13,17,21H,4,7,10H2,1H3. The molecule has 1 aliphatic rings. The number of alkyl halides is 2. The van der Waals surface area contributed by atoms with Crippen molar-refractivity contribution in [2.45, 2.75) is 25.3 Å². The number of methoxy groups -OCH3 is 1. The van der Waals surface area contributed by atoms with Gasteiger partial charge in [0.15, 0.2) is 5.65 Å². The maximum absolute atomic E-state index is 13.9. The van der Waals surface area contributed by atoms with E-state index in [1.165, 1.54) is 19.4 Å². The van der Waals surface area contributed by atoms with E-state index in [1.807, 2.05) is 6.07 Å². The Hall–Kier alpha value is -3.75. The van der Waals surface area contributed by atoms with Crippen LogP contribution < -0.4 is 4.74 Å². The number of carbonyl (C=O) groups is 1. The van der Waals surface area contributed by atoms with Crippen LogP contribution in [0.5, 0.6) is 5.75 Å². The minimum absolute atomic E-state index is 0.0822. The van der Waals surface area contributed by atoms with Crippen LogP contribution >= 0.6 is 0 Å². The molecule has 4 aromatic rings. The number of halogens is 2. The Morgan fingerprint density at radius 1 is 1.25 bits per heavy atom. The van der Waals surface area contributed by atoms with Crippen LogP contribution in [-0.4, -0.2) is 39.1 Å². The summed E-state index contributed by atoms with van der Waals surface area (Å²) in [6.45, 7) is 0.537. The van der Waals surface area contributed by atoms with Crippen molar-refractivity contribution in [1.29, 1.82) is 0 Å². The van der Waals surface area contributed by atoms with Gasteiger partial charge in [0.1, 0.15) is 22.8 Å². The van der Waals surface area contributed by atoms with Crippen molar-refractivity contribution in [3.63, 3.8) is 0 Å². The molecule has 0 spiro atoms. The van der Waals surface area contributed by atoms with E-state index in [0.29, 0.717) is 23.6 Å². The Balaban J connectivity index is 1.63. The average Bonchev–Trinajstić information content (AvgIpc) is 3.57. The quantitative estimate of drug-likeness (QED) is 0.443. The van der Waals surface area contributed by atoms with Crippen molar-refractivity contribution in [1.82, 2.24) is 19.5 Å². The number of rotatable bonds is 5. The molecule has 32 heavy (non-hydrogen) atoms. The van der Waals surface area contributed by atoms with Gasteiger partial charge in [-0.25, -0.2) is 18.3 Å². The van der Waals surface area contributed by atoms with Gasteiger partial charge in [-0.05, 0) is 43.2 Å². The molecule has 5 rings (SSSR count). The summed E-state index contributed by atoms with van der Waals surface area (Å²) < 4.78 is 39.7. The minimum atomic E-state index is -2.81. The second-order valence-electron chi connectivity index (χ2n) is 7.53. The SMILES string of the molecule is COc1ccccc1-c1cc(C(F)F)n2ncc(C(=O)N3CCCC3c3ccco3)c2n1. The van der Waals surface area contributed by atoms with E-state index in [2.05, 4.69) is 10.1 Å². The molecule has 4 heterocycles. The molecule has 0 saturated carbocycles. The number of ether oxygens (including phenoxy) is 1. The fourth-order valence-corrected chi connectivity index (χ4v) is 4.23. The highest BCUT2D eigenvalue weighted by Gasteiger charge is 2.34. The van der Waals surface area contributed by atoms with Gasteiger partial charge in [0.25, 0.3) is 12.3 Å². The molecule has 1 aromatic carbocycles. The van der Waals surface area contributed by atoms with Crippen LogP contribution in [-0.2, 0) is 0 Å². The summed E-state index contributed by atoms with van der Waals surface area (Å²) in [5, 5.41) is 4.07. The lowest BCUT2D eigenvalue weighted by Gasteiger charge is -2.22. The summed E-state index contributed by atoms with van der Waals surface area (Å²) in [5.41, 5.74) is 0.734. The molecular formula is C23H20F2N4O3. The predicted octanol–water partition coefficient (Wildman–Crippen LogP) is 4.91. The van der Waals surface area contributed by atoms with Crippen LogP contribution in [0.2, 0.25) is 0 Å². The molecule has 0 bridgehead atoms. The molecule has 1 fully saturated rings. The zero-order valence-corrected chi connectivity index (χ0v) is 17.2. The van der Waals surface area contributed by atoms with Gasteiger partial charge in [-0.15, -0.1) is 0 Å². The Labute approximate surface area is 182 Å². The van der Waals surface area contributed by atoms with Crippen molar-refractivity contribution in [3.8, 4) is 17.0 Å². The molecule has 0 N–H and O–H groups in total. The van der Waals surface area contributed by atoms with Gasteiger partial charge in [0.2, 0.25) is 0 Å². The third-order valence-corrected chi connectivity index (χ3v) is 5.72. The van der Waals surface area contributed by atoms with Gasteiger partial charge in [-0.3, -0.25) is 4.79 Å². The molecule has 7 nitrogen and oxygen atoms in total. The number of likely N-dealkylation sites (tertiary alicyclic amines) is 1. The number of furan rings is 1. The maximum Gasteiger partial charge on any atom is 0.280 e. The minimum Gasteiger partial charge on any atom is -0.496 e. The first kappa shape index (κ1) is 20.2. The zero-order chi connectivity index (χ0) is 22.2. The number of amides is 1. The van der Waals surface area contributed by atoms with E-state index in [4.69, 9.17) is 9.15 Å². The van der Waals surface area contributed by atoms with E-state index < -0.39 is 6.43 Å². The van der Waals surface area contributed by atoms with Gasteiger partial charge >= 0.3 is 0 Å². The number of benzene rings is 1. The lowest BCUT2D eigenvalue weighted by Crippen LogP contribution is -2.30. The molecular weight excluding hydrogens is 418 g/mol. The second-order valence-corrected chi connectivity index (χ2v) is 7.53. The molecule has 0 radical (unpaired) electrons. The number of aromatic nitrogens is 3. The van der Waals surface area contributed by atoms with Gasteiger partial charge in [-0.2, -0.15) is 5.10 Å². The van der Waals surface area contributed by atoms with E-state index in [-0.39, 0.29) is 34.5 Å².